The first-order valence-corrected chi connectivity index (χ1v) is 7.82. The first-order chi connectivity index (χ1) is 7.25. The highest BCUT2D eigenvalue weighted by Crippen LogP contribution is 2.20. The minimum Gasteiger partial charge on any atom is -0.298 e. The number of aryl methyl sites for hydroxylation is 1. The second kappa shape index (κ2) is 4.67. The van der Waals surface area contributed by atoms with Crippen LogP contribution in [-0.4, -0.2) is 25.2 Å². The minimum absolute atomic E-state index is 0.221. The Hall–Kier alpha value is -0.680. The Labute approximate surface area is 100 Å². The van der Waals surface area contributed by atoms with Gasteiger partial charge in [0.1, 0.15) is 4.75 Å². The number of Topliss-reactive ketones (excluding diaryl/α,β-unsaturated/α-hetero) is 1. The van der Waals surface area contributed by atoms with Crippen LogP contribution in [-0.2, 0) is 21.1 Å². The fourth-order valence-electron chi connectivity index (χ4n) is 1.20. The van der Waals surface area contributed by atoms with Crippen LogP contribution in [0.4, 0.5) is 0 Å². The van der Waals surface area contributed by atoms with E-state index in [9.17, 15) is 13.2 Å². The first-order valence-electron chi connectivity index (χ1n) is 4.99. The van der Waals surface area contributed by atoms with Crippen molar-refractivity contribution >= 4 is 27.0 Å². The Kier molecular flexibility index (Phi) is 3.91. The van der Waals surface area contributed by atoms with Crippen LogP contribution < -0.4 is 0 Å². The minimum atomic E-state index is -3.34. The molecule has 0 amide bonds. The second-order valence-electron chi connectivity index (χ2n) is 4.34. The quantitative estimate of drug-likeness (QED) is 0.814. The number of hydrogen-bond donors (Lipinski definition) is 0. The molecule has 0 aromatic carbocycles. The third-order valence-corrected chi connectivity index (χ3v) is 5.63. The molecular formula is C11H16O3S2. The summed E-state index contributed by atoms with van der Waals surface area (Å²) >= 11 is 1.57. The molecule has 0 radical (unpaired) electrons. The molecule has 0 saturated carbocycles. The molecule has 0 atom stereocenters. The number of rotatable bonds is 5. The Balaban J connectivity index is 2.66. The summed E-state index contributed by atoms with van der Waals surface area (Å²) in [5, 5.41) is 3.92. The van der Waals surface area contributed by atoms with Gasteiger partial charge in [-0.2, -0.15) is 11.3 Å². The largest absolute Gasteiger partial charge is 0.298 e. The van der Waals surface area contributed by atoms with E-state index in [0.29, 0.717) is 6.42 Å². The molecule has 1 aromatic rings. The molecule has 1 aromatic heterocycles. The van der Waals surface area contributed by atoms with E-state index in [0.717, 1.165) is 11.8 Å². The monoisotopic (exact) mass is 260 g/mol. The third-order valence-electron chi connectivity index (χ3n) is 2.82. The molecule has 0 spiro atoms. The lowest BCUT2D eigenvalue weighted by Crippen LogP contribution is -2.40. The normalized spacial score (nSPS) is 12.7. The molecule has 0 aliphatic rings. The van der Waals surface area contributed by atoms with Gasteiger partial charge in [-0.05, 0) is 42.7 Å². The lowest BCUT2D eigenvalue weighted by molar-refractivity contribution is -0.120. The zero-order valence-electron chi connectivity index (χ0n) is 9.69. The highest BCUT2D eigenvalue weighted by Gasteiger charge is 2.37. The van der Waals surface area contributed by atoms with Gasteiger partial charge in [0.2, 0.25) is 0 Å². The smallest absolute Gasteiger partial charge is 0.159 e. The van der Waals surface area contributed by atoms with E-state index in [2.05, 4.69) is 0 Å². The number of hydrogen-bond acceptors (Lipinski definition) is 4. The molecule has 0 N–H and O–H groups in total. The SMILES string of the molecule is CC(C)(C(=O)CCc1ccsc1)S(C)(=O)=O. The summed E-state index contributed by atoms with van der Waals surface area (Å²) in [6, 6.07) is 1.95. The van der Waals surface area contributed by atoms with Crippen LogP contribution in [0.25, 0.3) is 0 Å². The Morgan fingerprint density at radius 2 is 2.06 bits per heavy atom. The lowest BCUT2D eigenvalue weighted by atomic mass is 10.0. The van der Waals surface area contributed by atoms with Gasteiger partial charge in [-0.3, -0.25) is 4.79 Å². The standard InChI is InChI=1S/C11H16O3S2/c1-11(2,16(3,13)14)10(12)5-4-9-6-7-15-8-9/h6-8H,4-5H2,1-3H3. The van der Waals surface area contributed by atoms with Gasteiger partial charge in [-0.1, -0.05) is 0 Å². The molecule has 0 bridgehead atoms. The van der Waals surface area contributed by atoms with E-state index < -0.39 is 14.6 Å². The van der Waals surface area contributed by atoms with Crippen LogP contribution in [0.1, 0.15) is 25.8 Å². The average Bonchev–Trinajstić information content (AvgIpc) is 2.64. The Bertz CT molecular complexity index is 455. The van der Waals surface area contributed by atoms with Crippen molar-refractivity contribution in [3.63, 3.8) is 0 Å². The van der Waals surface area contributed by atoms with Gasteiger partial charge in [0, 0.05) is 12.7 Å². The molecule has 16 heavy (non-hydrogen) atoms. The van der Waals surface area contributed by atoms with Crippen molar-refractivity contribution in [1.29, 1.82) is 0 Å². The summed E-state index contributed by atoms with van der Waals surface area (Å²) < 4.78 is 21.6. The van der Waals surface area contributed by atoms with E-state index in [1.165, 1.54) is 13.8 Å². The fraction of sp³-hybridized carbons (Fsp3) is 0.545. The van der Waals surface area contributed by atoms with Crippen molar-refractivity contribution in [2.45, 2.75) is 31.4 Å². The maximum absolute atomic E-state index is 11.8. The summed E-state index contributed by atoms with van der Waals surface area (Å²) in [5.41, 5.74) is 1.09. The number of carbonyl (C=O) groups is 1. The van der Waals surface area contributed by atoms with Crippen LogP contribution in [0.2, 0.25) is 0 Å². The summed E-state index contributed by atoms with van der Waals surface area (Å²) in [4.78, 5) is 11.8. The maximum Gasteiger partial charge on any atom is 0.159 e. The van der Waals surface area contributed by atoms with Crippen molar-refractivity contribution in [2.75, 3.05) is 6.26 Å². The van der Waals surface area contributed by atoms with Gasteiger partial charge in [0.05, 0.1) is 0 Å². The molecule has 0 aliphatic heterocycles. The molecule has 5 heteroatoms. The molecule has 0 unspecified atom stereocenters. The summed E-state index contributed by atoms with van der Waals surface area (Å²) in [6.45, 7) is 2.94. The van der Waals surface area contributed by atoms with E-state index in [1.54, 1.807) is 11.3 Å². The third kappa shape index (κ3) is 2.92. The number of thiophene rings is 1. The number of carbonyl (C=O) groups excluding carboxylic acids is 1. The zero-order chi connectivity index (χ0) is 12.4. The van der Waals surface area contributed by atoms with Gasteiger partial charge in [-0.25, -0.2) is 8.42 Å². The summed E-state index contributed by atoms with van der Waals surface area (Å²) in [6.07, 6.45) is 1.99. The molecule has 3 nitrogen and oxygen atoms in total. The van der Waals surface area contributed by atoms with Crippen molar-refractivity contribution in [3.8, 4) is 0 Å². The fourth-order valence-corrected chi connectivity index (χ4v) is 2.42. The molecule has 0 saturated heterocycles. The predicted molar refractivity (Wildman–Crippen MR) is 66.6 cm³/mol. The maximum atomic E-state index is 11.8. The molecule has 0 aliphatic carbocycles. The van der Waals surface area contributed by atoms with Gasteiger partial charge in [-0.15, -0.1) is 0 Å². The van der Waals surface area contributed by atoms with Gasteiger partial charge < -0.3 is 0 Å². The van der Waals surface area contributed by atoms with Gasteiger partial charge in [0.25, 0.3) is 0 Å². The van der Waals surface area contributed by atoms with E-state index in [1.807, 2.05) is 16.8 Å². The van der Waals surface area contributed by atoms with Crippen molar-refractivity contribution in [2.24, 2.45) is 0 Å². The van der Waals surface area contributed by atoms with E-state index in [-0.39, 0.29) is 12.2 Å². The van der Waals surface area contributed by atoms with Crippen LogP contribution in [0.5, 0.6) is 0 Å². The molecule has 1 heterocycles. The summed E-state index contributed by atoms with van der Waals surface area (Å²) in [7, 11) is -3.34. The molecular weight excluding hydrogens is 244 g/mol. The van der Waals surface area contributed by atoms with Crippen LogP contribution >= 0.6 is 11.3 Å². The second-order valence-corrected chi connectivity index (χ2v) is 7.68. The van der Waals surface area contributed by atoms with Crippen LogP contribution in [0.3, 0.4) is 0 Å². The summed E-state index contributed by atoms with van der Waals surface area (Å²) in [5.74, 6) is -0.221. The molecule has 1 rings (SSSR count). The predicted octanol–water partition coefficient (Wildman–Crippen LogP) is 2.07. The first kappa shape index (κ1) is 13.4. The molecule has 90 valence electrons. The topological polar surface area (TPSA) is 51.2 Å². The number of ketones is 1. The Morgan fingerprint density at radius 1 is 1.44 bits per heavy atom. The van der Waals surface area contributed by atoms with Crippen LogP contribution in [0.15, 0.2) is 16.8 Å². The van der Waals surface area contributed by atoms with Crippen molar-refractivity contribution in [3.05, 3.63) is 22.4 Å². The average molecular weight is 260 g/mol. The van der Waals surface area contributed by atoms with Crippen LogP contribution in [0, 0.1) is 0 Å². The Morgan fingerprint density at radius 3 is 2.50 bits per heavy atom. The van der Waals surface area contributed by atoms with E-state index >= 15 is 0 Å². The van der Waals surface area contributed by atoms with Gasteiger partial charge in [0.15, 0.2) is 15.6 Å². The zero-order valence-corrected chi connectivity index (χ0v) is 11.3. The van der Waals surface area contributed by atoms with Crippen molar-refractivity contribution < 1.29 is 13.2 Å². The van der Waals surface area contributed by atoms with Gasteiger partial charge >= 0.3 is 0 Å². The highest BCUT2D eigenvalue weighted by molar-refractivity contribution is 7.92. The highest BCUT2D eigenvalue weighted by atomic mass is 32.2. The lowest BCUT2D eigenvalue weighted by Gasteiger charge is -2.20. The van der Waals surface area contributed by atoms with Crippen molar-refractivity contribution in [1.82, 2.24) is 0 Å². The molecule has 0 fully saturated rings. The number of sulfone groups is 1. The van der Waals surface area contributed by atoms with E-state index in [4.69, 9.17) is 0 Å².